The molecule has 0 bridgehead atoms. The van der Waals surface area contributed by atoms with Crippen molar-refractivity contribution in [3.63, 3.8) is 0 Å². The Balaban J connectivity index is 2.16. The maximum atomic E-state index is 5.82. The zero-order chi connectivity index (χ0) is 11.5. The molecule has 2 N–H and O–H groups in total. The minimum absolute atomic E-state index is 0.320. The second-order valence-corrected chi connectivity index (χ2v) is 5.65. The van der Waals surface area contributed by atoms with E-state index in [1.165, 1.54) is 10.6 Å². The molecule has 5 heteroatoms. The molecule has 1 unspecified atom stereocenters. The van der Waals surface area contributed by atoms with Crippen molar-refractivity contribution in [2.75, 3.05) is 6.54 Å². The molecule has 0 spiro atoms. The molecule has 2 heterocycles. The molecule has 0 radical (unpaired) electrons. The monoisotopic (exact) mass is 253 g/mol. The van der Waals surface area contributed by atoms with Crippen LogP contribution >= 0.6 is 23.1 Å². The van der Waals surface area contributed by atoms with Gasteiger partial charge in [-0.05, 0) is 35.4 Å². The van der Waals surface area contributed by atoms with Gasteiger partial charge >= 0.3 is 0 Å². The summed E-state index contributed by atoms with van der Waals surface area (Å²) in [5.74, 6) is 0. The normalized spacial score (nSPS) is 12.9. The van der Waals surface area contributed by atoms with Crippen LogP contribution in [0, 0.1) is 6.92 Å². The summed E-state index contributed by atoms with van der Waals surface area (Å²) < 4.78 is 1.91. The maximum absolute atomic E-state index is 5.82. The molecule has 2 aromatic rings. The van der Waals surface area contributed by atoms with Crippen molar-refractivity contribution in [3.8, 4) is 0 Å². The number of hydrogen-bond donors (Lipinski definition) is 1. The van der Waals surface area contributed by atoms with Crippen LogP contribution in [0.15, 0.2) is 27.9 Å². The van der Waals surface area contributed by atoms with Gasteiger partial charge in [-0.15, -0.1) is 0 Å². The number of aryl methyl sites for hydroxylation is 2. The maximum Gasteiger partial charge on any atom is 0.0945 e. The third kappa shape index (κ3) is 2.48. The molecule has 0 amide bonds. The summed E-state index contributed by atoms with van der Waals surface area (Å²) in [6.07, 6.45) is 0. The zero-order valence-corrected chi connectivity index (χ0v) is 11.0. The van der Waals surface area contributed by atoms with E-state index in [2.05, 4.69) is 28.0 Å². The lowest BCUT2D eigenvalue weighted by molar-refractivity contribution is 0.690. The topological polar surface area (TPSA) is 43.8 Å². The van der Waals surface area contributed by atoms with E-state index in [0.29, 0.717) is 11.8 Å². The van der Waals surface area contributed by atoms with E-state index in [1.54, 1.807) is 23.1 Å². The first-order valence-electron chi connectivity index (χ1n) is 5.10. The van der Waals surface area contributed by atoms with E-state index in [0.717, 1.165) is 5.69 Å². The van der Waals surface area contributed by atoms with E-state index < -0.39 is 0 Å². The van der Waals surface area contributed by atoms with Gasteiger partial charge in [-0.2, -0.15) is 16.4 Å². The van der Waals surface area contributed by atoms with Gasteiger partial charge in [0.25, 0.3) is 0 Å². The highest BCUT2D eigenvalue weighted by Gasteiger charge is 2.14. The Morgan fingerprint density at radius 2 is 2.44 bits per heavy atom. The fourth-order valence-electron chi connectivity index (χ4n) is 1.55. The summed E-state index contributed by atoms with van der Waals surface area (Å²) in [7, 11) is 1.97. The standard InChI is InChI=1S/C11H15N3S2/c1-8-5-11(14(2)13-8)16-10(6-12)9-3-4-15-7-9/h3-5,7,10H,6,12H2,1-2H3. The van der Waals surface area contributed by atoms with Crippen molar-refractivity contribution in [3.05, 3.63) is 34.2 Å². The SMILES string of the molecule is Cc1cc(SC(CN)c2ccsc2)n(C)n1. The minimum atomic E-state index is 0.320. The summed E-state index contributed by atoms with van der Waals surface area (Å²) in [6.45, 7) is 2.65. The van der Waals surface area contributed by atoms with Crippen LogP contribution in [-0.4, -0.2) is 16.3 Å². The van der Waals surface area contributed by atoms with E-state index in [4.69, 9.17) is 5.73 Å². The van der Waals surface area contributed by atoms with E-state index >= 15 is 0 Å². The van der Waals surface area contributed by atoms with Gasteiger partial charge in [0, 0.05) is 18.8 Å². The molecule has 3 nitrogen and oxygen atoms in total. The van der Waals surface area contributed by atoms with Gasteiger partial charge in [0.1, 0.15) is 0 Å². The summed E-state index contributed by atoms with van der Waals surface area (Å²) >= 11 is 3.49. The highest BCUT2D eigenvalue weighted by molar-refractivity contribution is 7.99. The Morgan fingerprint density at radius 3 is 2.94 bits per heavy atom. The third-order valence-electron chi connectivity index (χ3n) is 2.35. The molecule has 0 saturated heterocycles. The van der Waals surface area contributed by atoms with Crippen LogP contribution < -0.4 is 5.73 Å². The number of nitrogens with zero attached hydrogens (tertiary/aromatic N) is 2. The molecule has 0 aliphatic heterocycles. The molecule has 86 valence electrons. The van der Waals surface area contributed by atoms with Gasteiger partial charge in [-0.1, -0.05) is 11.8 Å². The number of thioether (sulfide) groups is 1. The first-order valence-corrected chi connectivity index (χ1v) is 6.92. The van der Waals surface area contributed by atoms with Crippen LogP contribution in [0.1, 0.15) is 16.5 Å². The number of nitrogens with two attached hydrogens (primary N) is 1. The minimum Gasteiger partial charge on any atom is -0.329 e. The quantitative estimate of drug-likeness (QED) is 0.852. The van der Waals surface area contributed by atoms with Crippen LogP contribution in [0.3, 0.4) is 0 Å². The molecule has 1 atom stereocenters. The van der Waals surface area contributed by atoms with Crippen LogP contribution in [0.25, 0.3) is 0 Å². The van der Waals surface area contributed by atoms with Gasteiger partial charge in [0.05, 0.1) is 10.7 Å². The Hall–Kier alpha value is -0.780. The molecule has 2 rings (SSSR count). The Bertz CT molecular complexity index is 448. The van der Waals surface area contributed by atoms with Gasteiger partial charge < -0.3 is 5.73 Å². The smallest absolute Gasteiger partial charge is 0.0945 e. The third-order valence-corrected chi connectivity index (χ3v) is 4.43. The van der Waals surface area contributed by atoms with Crippen molar-refractivity contribution in [2.24, 2.45) is 12.8 Å². The van der Waals surface area contributed by atoms with E-state index in [1.807, 2.05) is 18.7 Å². The lowest BCUT2D eigenvalue weighted by Crippen LogP contribution is -2.09. The van der Waals surface area contributed by atoms with E-state index in [9.17, 15) is 0 Å². The van der Waals surface area contributed by atoms with Gasteiger partial charge in [0.2, 0.25) is 0 Å². The van der Waals surface area contributed by atoms with Crippen molar-refractivity contribution in [2.45, 2.75) is 17.2 Å². The average Bonchev–Trinajstić information content (AvgIpc) is 2.85. The summed E-state index contributed by atoms with van der Waals surface area (Å²) in [6, 6.07) is 4.23. The first-order chi connectivity index (χ1) is 7.70. The number of aromatic nitrogens is 2. The molecule has 16 heavy (non-hydrogen) atoms. The molecule has 0 saturated carbocycles. The fourth-order valence-corrected chi connectivity index (χ4v) is 3.46. The number of rotatable bonds is 4. The lowest BCUT2D eigenvalue weighted by Gasteiger charge is -2.12. The van der Waals surface area contributed by atoms with Gasteiger partial charge in [-0.25, -0.2) is 0 Å². The summed E-state index contributed by atoms with van der Waals surface area (Å²) in [5.41, 5.74) is 8.17. The van der Waals surface area contributed by atoms with Crippen molar-refractivity contribution in [1.29, 1.82) is 0 Å². The van der Waals surface area contributed by atoms with Crippen molar-refractivity contribution in [1.82, 2.24) is 9.78 Å². The van der Waals surface area contributed by atoms with Crippen LogP contribution in [-0.2, 0) is 7.05 Å². The molecular weight excluding hydrogens is 238 g/mol. The molecule has 0 fully saturated rings. The lowest BCUT2D eigenvalue weighted by atomic mass is 10.2. The van der Waals surface area contributed by atoms with Gasteiger partial charge in [0.15, 0.2) is 0 Å². The summed E-state index contributed by atoms with van der Waals surface area (Å²) in [5, 5.41) is 10.1. The highest BCUT2D eigenvalue weighted by atomic mass is 32.2. The first kappa shape index (κ1) is 11.7. The largest absolute Gasteiger partial charge is 0.329 e. The van der Waals surface area contributed by atoms with Crippen LogP contribution in [0.4, 0.5) is 0 Å². The average molecular weight is 253 g/mol. The summed E-state index contributed by atoms with van der Waals surface area (Å²) in [4.78, 5) is 0. The highest BCUT2D eigenvalue weighted by Crippen LogP contribution is 2.35. The molecule has 2 aromatic heterocycles. The molecule has 0 aliphatic rings. The second-order valence-electron chi connectivity index (χ2n) is 3.65. The predicted octanol–water partition coefficient (Wildman–Crippen LogP) is 2.58. The molecule has 0 aromatic carbocycles. The zero-order valence-electron chi connectivity index (χ0n) is 9.38. The van der Waals surface area contributed by atoms with E-state index in [-0.39, 0.29) is 0 Å². The Kier molecular flexibility index (Phi) is 3.68. The van der Waals surface area contributed by atoms with Gasteiger partial charge in [-0.3, -0.25) is 4.68 Å². The van der Waals surface area contributed by atoms with Crippen LogP contribution in [0.5, 0.6) is 0 Å². The molecule has 0 aliphatic carbocycles. The van der Waals surface area contributed by atoms with Crippen molar-refractivity contribution >= 4 is 23.1 Å². The Labute approximate surface area is 104 Å². The number of thiophene rings is 1. The molecular formula is C11H15N3S2. The fraction of sp³-hybridized carbons (Fsp3) is 0.364. The van der Waals surface area contributed by atoms with Crippen LogP contribution in [0.2, 0.25) is 0 Å². The number of hydrogen-bond acceptors (Lipinski definition) is 4. The Morgan fingerprint density at radius 1 is 1.62 bits per heavy atom. The van der Waals surface area contributed by atoms with Crippen molar-refractivity contribution < 1.29 is 0 Å². The predicted molar refractivity (Wildman–Crippen MR) is 69.9 cm³/mol. The second kappa shape index (κ2) is 5.03.